The fraction of sp³-hybridized carbons (Fsp3) is 0.400. The second-order valence-electron chi connectivity index (χ2n) is 3.53. The average Bonchev–Trinajstić information content (AvgIpc) is 2.22. The Morgan fingerprint density at radius 3 is 2.33 bits per heavy atom. The minimum absolute atomic E-state index is 0.122. The van der Waals surface area contributed by atoms with Crippen LogP contribution in [0.3, 0.4) is 0 Å². The number of halogens is 5. The minimum Gasteiger partial charge on any atom is -0.394 e. The molecule has 0 radical (unpaired) electrons. The summed E-state index contributed by atoms with van der Waals surface area (Å²) in [7, 11) is 0. The average molecular weight is 271 g/mol. The number of hydrogen-bond acceptors (Lipinski definition) is 3. The maximum atomic E-state index is 13.1. The van der Waals surface area contributed by atoms with E-state index in [1.807, 2.05) is 5.32 Å². The number of nitrogens with one attached hydrogen (secondary N) is 1. The Labute approximate surface area is 98.9 Å². The molecule has 0 aromatic heterocycles. The van der Waals surface area contributed by atoms with Crippen LogP contribution in [0, 0.1) is 11.6 Å². The van der Waals surface area contributed by atoms with E-state index in [4.69, 9.17) is 10.2 Å². The Bertz CT molecular complexity index is 421. The fourth-order valence-corrected chi connectivity index (χ4v) is 1.29. The van der Waals surface area contributed by atoms with Crippen molar-refractivity contribution in [3.8, 4) is 0 Å². The molecule has 102 valence electrons. The maximum Gasteiger partial charge on any atom is 0.421 e. The number of rotatable bonds is 4. The molecule has 1 aromatic rings. The molecule has 0 fully saturated rings. The molecule has 0 aliphatic heterocycles. The summed E-state index contributed by atoms with van der Waals surface area (Å²) in [6.07, 6.45) is -6.33. The van der Waals surface area contributed by atoms with Crippen molar-refractivity contribution in [3.63, 3.8) is 0 Å². The molecule has 3 nitrogen and oxygen atoms in total. The van der Waals surface area contributed by atoms with Gasteiger partial charge in [0.05, 0.1) is 18.4 Å². The van der Waals surface area contributed by atoms with E-state index < -0.39 is 48.3 Å². The van der Waals surface area contributed by atoms with Crippen molar-refractivity contribution in [2.24, 2.45) is 0 Å². The van der Waals surface area contributed by atoms with Crippen LogP contribution in [0.15, 0.2) is 12.1 Å². The SMILES string of the molecule is OCC(O)CNc1cc(F)cc(F)c1C(F)(F)F. The molecule has 3 N–H and O–H groups in total. The molecule has 0 aliphatic rings. The first-order chi connectivity index (χ1) is 8.25. The summed E-state index contributed by atoms with van der Waals surface area (Å²) in [6, 6.07) is 0.590. The molecule has 1 atom stereocenters. The van der Waals surface area contributed by atoms with Crippen LogP contribution in [0.4, 0.5) is 27.6 Å². The molecular formula is C10H10F5NO2. The highest BCUT2D eigenvalue weighted by Gasteiger charge is 2.37. The van der Waals surface area contributed by atoms with E-state index in [0.29, 0.717) is 6.07 Å². The summed E-state index contributed by atoms with van der Waals surface area (Å²) in [6.45, 7) is -1.16. The Hall–Kier alpha value is -1.41. The van der Waals surface area contributed by atoms with Crippen molar-refractivity contribution < 1.29 is 32.2 Å². The molecule has 0 saturated carbocycles. The quantitative estimate of drug-likeness (QED) is 0.731. The second-order valence-corrected chi connectivity index (χ2v) is 3.53. The summed E-state index contributed by atoms with van der Waals surface area (Å²) in [4.78, 5) is 0. The van der Waals surface area contributed by atoms with E-state index in [9.17, 15) is 22.0 Å². The molecule has 18 heavy (non-hydrogen) atoms. The van der Waals surface area contributed by atoms with Crippen molar-refractivity contribution in [3.05, 3.63) is 29.3 Å². The lowest BCUT2D eigenvalue weighted by atomic mass is 10.1. The topological polar surface area (TPSA) is 52.5 Å². The molecule has 0 heterocycles. The van der Waals surface area contributed by atoms with Crippen LogP contribution in [-0.2, 0) is 6.18 Å². The molecule has 0 amide bonds. The van der Waals surface area contributed by atoms with Crippen LogP contribution in [0.1, 0.15) is 5.56 Å². The molecule has 0 spiro atoms. The van der Waals surface area contributed by atoms with Crippen LogP contribution in [0.25, 0.3) is 0 Å². The van der Waals surface area contributed by atoms with Gasteiger partial charge in [0.2, 0.25) is 0 Å². The van der Waals surface area contributed by atoms with E-state index in [1.54, 1.807) is 0 Å². The zero-order valence-electron chi connectivity index (χ0n) is 8.93. The molecule has 0 aliphatic carbocycles. The first-order valence-electron chi connectivity index (χ1n) is 4.84. The van der Waals surface area contributed by atoms with E-state index in [1.165, 1.54) is 0 Å². The summed E-state index contributed by atoms with van der Waals surface area (Å²) in [5.74, 6) is -2.93. The van der Waals surface area contributed by atoms with Gasteiger partial charge in [-0.2, -0.15) is 13.2 Å². The van der Waals surface area contributed by atoms with Crippen LogP contribution in [-0.4, -0.2) is 29.5 Å². The minimum atomic E-state index is -5.00. The van der Waals surface area contributed by atoms with E-state index in [2.05, 4.69) is 0 Å². The zero-order valence-corrected chi connectivity index (χ0v) is 8.93. The Kier molecular flexibility index (Phi) is 4.47. The van der Waals surface area contributed by atoms with Gasteiger partial charge >= 0.3 is 6.18 Å². The summed E-state index contributed by atoms with van der Waals surface area (Å²) in [5.41, 5.74) is -2.47. The largest absolute Gasteiger partial charge is 0.421 e. The number of hydrogen-bond donors (Lipinski definition) is 3. The molecule has 1 rings (SSSR count). The summed E-state index contributed by atoms with van der Waals surface area (Å²) in [5, 5.41) is 19.5. The van der Waals surface area contributed by atoms with Crippen molar-refractivity contribution in [1.29, 1.82) is 0 Å². The lowest BCUT2D eigenvalue weighted by Gasteiger charge is -2.16. The van der Waals surface area contributed by atoms with Gasteiger partial charge in [-0.3, -0.25) is 0 Å². The van der Waals surface area contributed by atoms with Gasteiger partial charge in [-0.05, 0) is 6.07 Å². The van der Waals surface area contributed by atoms with Gasteiger partial charge < -0.3 is 15.5 Å². The highest BCUT2D eigenvalue weighted by Crippen LogP contribution is 2.37. The fourth-order valence-electron chi connectivity index (χ4n) is 1.29. The Balaban J connectivity index is 3.08. The molecule has 8 heteroatoms. The Morgan fingerprint density at radius 2 is 1.83 bits per heavy atom. The molecule has 1 unspecified atom stereocenters. The van der Waals surface area contributed by atoms with E-state index in [-0.39, 0.29) is 6.07 Å². The number of anilines is 1. The van der Waals surface area contributed by atoms with Crippen LogP contribution >= 0.6 is 0 Å². The number of aliphatic hydroxyl groups excluding tert-OH is 2. The predicted octanol–water partition coefficient (Wildman–Crippen LogP) is 1.75. The smallest absolute Gasteiger partial charge is 0.394 e. The number of benzene rings is 1. The van der Waals surface area contributed by atoms with Crippen molar-refractivity contribution >= 4 is 5.69 Å². The second kappa shape index (κ2) is 5.49. The zero-order chi connectivity index (χ0) is 13.9. The van der Waals surface area contributed by atoms with Gasteiger partial charge in [-0.15, -0.1) is 0 Å². The normalized spacial score (nSPS) is 13.5. The third-order valence-corrected chi connectivity index (χ3v) is 2.08. The van der Waals surface area contributed by atoms with E-state index in [0.717, 1.165) is 0 Å². The third-order valence-electron chi connectivity index (χ3n) is 2.08. The van der Waals surface area contributed by atoms with E-state index >= 15 is 0 Å². The summed E-state index contributed by atoms with van der Waals surface area (Å²) < 4.78 is 63.5. The molecule has 1 aromatic carbocycles. The highest BCUT2D eigenvalue weighted by atomic mass is 19.4. The predicted molar refractivity (Wildman–Crippen MR) is 52.9 cm³/mol. The summed E-state index contributed by atoms with van der Waals surface area (Å²) >= 11 is 0. The van der Waals surface area contributed by atoms with Gasteiger partial charge in [0.25, 0.3) is 0 Å². The lowest BCUT2D eigenvalue weighted by Crippen LogP contribution is -2.24. The first kappa shape index (κ1) is 14.7. The highest BCUT2D eigenvalue weighted by molar-refractivity contribution is 5.53. The number of aliphatic hydroxyl groups is 2. The third kappa shape index (κ3) is 3.54. The van der Waals surface area contributed by atoms with Crippen LogP contribution in [0.5, 0.6) is 0 Å². The van der Waals surface area contributed by atoms with Crippen LogP contribution < -0.4 is 5.32 Å². The number of alkyl halides is 3. The maximum absolute atomic E-state index is 13.1. The van der Waals surface area contributed by atoms with Gasteiger partial charge in [-0.25, -0.2) is 8.78 Å². The van der Waals surface area contributed by atoms with Gasteiger partial charge in [0.15, 0.2) is 0 Å². The molecule has 0 bridgehead atoms. The standard InChI is InChI=1S/C10H10F5NO2/c11-5-1-7(12)9(10(13,14)15)8(2-5)16-3-6(18)4-17/h1-2,6,16-18H,3-4H2. The first-order valence-corrected chi connectivity index (χ1v) is 4.84. The monoisotopic (exact) mass is 271 g/mol. The molecule has 0 saturated heterocycles. The van der Waals surface area contributed by atoms with Crippen molar-refractivity contribution in [1.82, 2.24) is 0 Å². The molecular weight excluding hydrogens is 261 g/mol. The van der Waals surface area contributed by atoms with Crippen molar-refractivity contribution in [2.75, 3.05) is 18.5 Å². The van der Waals surface area contributed by atoms with Gasteiger partial charge in [0.1, 0.15) is 17.2 Å². The van der Waals surface area contributed by atoms with Crippen molar-refractivity contribution in [2.45, 2.75) is 12.3 Å². The van der Waals surface area contributed by atoms with Crippen LogP contribution in [0.2, 0.25) is 0 Å². The Morgan fingerprint density at radius 1 is 1.22 bits per heavy atom. The van der Waals surface area contributed by atoms with Gasteiger partial charge in [-0.1, -0.05) is 0 Å². The lowest BCUT2D eigenvalue weighted by molar-refractivity contribution is -0.139. The van der Waals surface area contributed by atoms with Gasteiger partial charge in [0, 0.05) is 12.6 Å².